The molecule has 2 aliphatic heterocycles. The van der Waals surface area contributed by atoms with Crippen LogP contribution in [-0.4, -0.2) is 80.7 Å². The number of piperidine rings is 1. The summed E-state index contributed by atoms with van der Waals surface area (Å²) >= 11 is 0. The van der Waals surface area contributed by atoms with Gasteiger partial charge in [0.1, 0.15) is 5.69 Å². The molecule has 0 bridgehead atoms. The molecule has 10 heteroatoms. The topological polar surface area (TPSA) is 111 Å². The number of anilines is 1. The van der Waals surface area contributed by atoms with Crippen molar-refractivity contribution < 1.29 is 33.3 Å². The molecular weight excluding hydrogens is 430 g/mol. The first-order chi connectivity index (χ1) is 15.9. The molecule has 1 amide bonds. The number of H-pyrrole nitrogens is 1. The molecule has 10 nitrogen and oxygen atoms in total. The number of benzene rings is 1. The number of ether oxygens (including phenoxy) is 5. The number of nitrogens with zero attached hydrogens (tertiary/aromatic N) is 1. The molecule has 2 N–H and O–H groups in total. The SMILES string of the molecule is CCOC(=O)c1[nH]c2cc(OC)c(OC)cc2c1NC(=O)C(C)N1CCC2(CC1)OCCO2. The minimum Gasteiger partial charge on any atom is -0.493 e. The number of hydrogen-bond donors (Lipinski definition) is 2. The Bertz CT molecular complexity index is 1020. The largest absolute Gasteiger partial charge is 0.493 e. The third-order valence-electron chi connectivity index (χ3n) is 6.33. The molecule has 4 rings (SSSR count). The van der Waals surface area contributed by atoms with E-state index in [-0.39, 0.29) is 18.2 Å². The summed E-state index contributed by atoms with van der Waals surface area (Å²) in [6.07, 6.45) is 1.42. The molecule has 33 heavy (non-hydrogen) atoms. The maximum Gasteiger partial charge on any atom is 0.356 e. The number of aromatic nitrogens is 1. The molecular formula is C23H31N3O7. The lowest BCUT2D eigenvalue weighted by Gasteiger charge is -2.39. The summed E-state index contributed by atoms with van der Waals surface area (Å²) in [7, 11) is 3.07. The van der Waals surface area contributed by atoms with Crippen LogP contribution in [0.4, 0.5) is 5.69 Å². The maximum absolute atomic E-state index is 13.2. The second-order valence-corrected chi connectivity index (χ2v) is 8.16. The molecule has 1 aromatic heterocycles. The highest BCUT2D eigenvalue weighted by Gasteiger charge is 2.41. The van der Waals surface area contributed by atoms with Gasteiger partial charge in [-0.2, -0.15) is 0 Å². The zero-order valence-corrected chi connectivity index (χ0v) is 19.5. The second kappa shape index (κ2) is 9.58. The molecule has 2 aromatic rings. The molecule has 0 radical (unpaired) electrons. The van der Waals surface area contributed by atoms with Crippen LogP contribution in [0.2, 0.25) is 0 Å². The average molecular weight is 462 g/mol. The Kier molecular flexibility index (Phi) is 6.78. The summed E-state index contributed by atoms with van der Waals surface area (Å²) in [5, 5.41) is 3.57. The van der Waals surface area contributed by atoms with Crippen LogP contribution >= 0.6 is 0 Å². The van der Waals surface area contributed by atoms with Gasteiger partial charge in [-0.15, -0.1) is 0 Å². The van der Waals surface area contributed by atoms with Crippen LogP contribution < -0.4 is 14.8 Å². The van der Waals surface area contributed by atoms with Crippen molar-refractivity contribution in [3.05, 3.63) is 17.8 Å². The lowest BCUT2D eigenvalue weighted by Crippen LogP contribution is -2.51. The Morgan fingerprint density at radius 1 is 1.15 bits per heavy atom. The summed E-state index contributed by atoms with van der Waals surface area (Å²) in [5.41, 5.74) is 1.15. The first kappa shape index (κ1) is 23.3. The van der Waals surface area contributed by atoms with Crippen LogP contribution in [0.5, 0.6) is 11.5 Å². The van der Waals surface area contributed by atoms with Gasteiger partial charge in [0.2, 0.25) is 5.91 Å². The Morgan fingerprint density at radius 2 is 1.79 bits per heavy atom. The number of hydrogen-bond acceptors (Lipinski definition) is 8. The van der Waals surface area contributed by atoms with E-state index in [1.165, 1.54) is 14.2 Å². The van der Waals surface area contributed by atoms with Crippen LogP contribution in [0.3, 0.4) is 0 Å². The van der Waals surface area contributed by atoms with Crippen molar-refractivity contribution in [2.75, 3.05) is 52.4 Å². The van der Waals surface area contributed by atoms with Gasteiger partial charge in [0.05, 0.1) is 51.3 Å². The molecule has 2 saturated heterocycles. The fourth-order valence-corrected chi connectivity index (χ4v) is 4.44. The van der Waals surface area contributed by atoms with Crippen molar-refractivity contribution in [3.8, 4) is 11.5 Å². The highest BCUT2D eigenvalue weighted by Crippen LogP contribution is 2.38. The standard InChI is InChI=1S/C23H31N3O7/c1-5-31-22(28)20-19(15-12-17(29-3)18(30-4)13-16(15)24-20)25-21(27)14(2)26-8-6-23(7-9-26)32-10-11-33-23/h12-14,24H,5-11H2,1-4H3,(H,25,27). The van der Waals surface area contributed by atoms with Gasteiger partial charge >= 0.3 is 5.97 Å². The van der Waals surface area contributed by atoms with Crippen LogP contribution in [0.1, 0.15) is 37.2 Å². The lowest BCUT2D eigenvalue weighted by molar-refractivity contribution is -0.187. The number of fused-ring (bicyclic) bond motifs is 1. The third kappa shape index (κ3) is 4.50. The molecule has 3 heterocycles. The number of carbonyl (C=O) groups excluding carboxylic acids is 2. The van der Waals surface area contributed by atoms with E-state index in [2.05, 4.69) is 15.2 Å². The van der Waals surface area contributed by atoms with E-state index in [4.69, 9.17) is 23.7 Å². The summed E-state index contributed by atoms with van der Waals surface area (Å²) in [6, 6.07) is 3.04. The van der Waals surface area contributed by atoms with E-state index in [9.17, 15) is 9.59 Å². The van der Waals surface area contributed by atoms with Crippen molar-refractivity contribution in [1.82, 2.24) is 9.88 Å². The predicted molar refractivity (Wildman–Crippen MR) is 121 cm³/mol. The van der Waals surface area contributed by atoms with Gasteiger partial charge < -0.3 is 34.0 Å². The number of amides is 1. The van der Waals surface area contributed by atoms with E-state index in [0.29, 0.717) is 67.2 Å². The van der Waals surface area contributed by atoms with Crippen LogP contribution in [-0.2, 0) is 19.0 Å². The van der Waals surface area contributed by atoms with Crippen molar-refractivity contribution in [2.45, 2.75) is 38.5 Å². The molecule has 0 aliphatic carbocycles. The minimum atomic E-state index is -0.551. The third-order valence-corrected chi connectivity index (χ3v) is 6.33. The van der Waals surface area contributed by atoms with E-state index >= 15 is 0 Å². The number of nitrogens with one attached hydrogen (secondary N) is 2. The fourth-order valence-electron chi connectivity index (χ4n) is 4.44. The average Bonchev–Trinajstić information content (AvgIpc) is 3.42. The zero-order valence-electron chi connectivity index (χ0n) is 19.5. The predicted octanol–water partition coefficient (Wildman–Crippen LogP) is 2.53. The van der Waals surface area contributed by atoms with Crippen LogP contribution in [0.15, 0.2) is 12.1 Å². The maximum atomic E-state index is 13.2. The quantitative estimate of drug-likeness (QED) is 0.605. The number of rotatable bonds is 7. The van der Waals surface area contributed by atoms with Crippen molar-refractivity contribution in [2.24, 2.45) is 0 Å². The van der Waals surface area contributed by atoms with Gasteiger partial charge in [-0.3, -0.25) is 9.69 Å². The Hall–Kier alpha value is -2.82. The number of esters is 1. The summed E-state index contributed by atoms with van der Waals surface area (Å²) in [4.78, 5) is 31.0. The van der Waals surface area contributed by atoms with Crippen molar-refractivity contribution in [1.29, 1.82) is 0 Å². The van der Waals surface area contributed by atoms with Gasteiger partial charge in [-0.1, -0.05) is 0 Å². The van der Waals surface area contributed by atoms with E-state index in [1.807, 2.05) is 6.92 Å². The molecule has 1 aromatic carbocycles. The first-order valence-electron chi connectivity index (χ1n) is 11.2. The molecule has 2 fully saturated rings. The zero-order chi connectivity index (χ0) is 23.6. The summed E-state index contributed by atoms with van der Waals surface area (Å²) < 4.78 is 27.5. The van der Waals surface area contributed by atoms with Gasteiger partial charge in [0, 0.05) is 37.4 Å². The first-order valence-corrected chi connectivity index (χ1v) is 11.2. The number of likely N-dealkylation sites (tertiary alicyclic amines) is 1. The summed E-state index contributed by atoms with van der Waals surface area (Å²) in [6.45, 7) is 6.38. The monoisotopic (exact) mass is 461 g/mol. The van der Waals surface area contributed by atoms with Gasteiger partial charge in [-0.25, -0.2) is 4.79 Å². The second-order valence-electron chi connectivity index (χ2n) is 8.16. The van der Waals surface area contributed by atoms with E-state index in [1.54, 1.807) is 19.1 Å². The Labute approximate surface area is 192 Å². The van der Waals surface area contributed by atoms with Crippen molar-refractivity contribution >= 4 is 28.5 Å². The smallest absolute Gasteiger partial charge is 0.356 e. The normalized spacial score (nSPS) is 18.9. The molecule has 180 valence electrons. The highest BCUT2D eigenvalue weighted by atomic mass is 16.7. The molecule has 1 spiro atoms. The van der Waals surface area contributed by atoms with E-state index < -0.39 is 17.8 Å². The molecule has 0 saturated carbocycles. The summed E-state index contributed by atoms with van der Waals surface area (Å²) in [5.74, 6) is -0.284. The van der Waals surface area contributed by atoms with Crippen LogP contribution in [0, 0.1) is 0 Å². The Morgan fingerprint density at radius 3 is 2.39 bits per heavy atom. The van der Waals surface area contributed by atoms with Gasteiger partial charge in [0.25, 0.3) is 0 Å². The van der Waals surface area contributed by atoms with Gasteiger partial charge in [0.15, 0.2) is 17.3 Å². The molecule has 1 atom stereocenters. The minimum absolute atomic E-state index is 0.174. The molecule has 1 unspecified atom stereocenters. The lowest BCUT2D eigenvalue weighted by atomic mass is 10.0. The van der Waals surface area contributed by atoms with Crippen LogP contribution in [0.25, 0.3) is 10.9 Å². The highest BCUT2D eigenvalue weighted by molar-refractivity contribution is 6.12. The van der Waals surface area contributed by atoms with E-state index in [0.717, 1.165) is 0 Å². The number of carbonyl (C=O) groups is 2. The number of aromatic amines is 1. The molecule has 2 aliphatic rings. The van der Waals surface area contributed by atoms with Crippen molar-refractivity contribution in [3.63, 3.8) is 0 Å². The number of methoxy groups -OCH3 is 2. The van der Waals surface area contributed by atoms with Gasteiger partial charge in [-0.05, 0) is 19.9 Å². The fraction of sp³-hybridized carbons (Fsp3) is 0.565. The Balaban J connectivity index is 1.58.